The number of benzene rings is 1. The van der Waals surface area contributed by atoms with Crippen molar-refractivity contribution in [2.45, 2.75) is 48.6 Å². The molecular formula is C16H21ClN2O2S. The number of nitrogens with one attached hydrogen (secondary N) is 2. The van der Waals surface area contributed by atoms with Crippen LogP contribution < -0.4 is 10.6 Å². The molecule has 3 N–H and O–H groups in total. The van der Waals surface area contributed by atoms with Crippen molar-refractivity contribution in [3.8, 4) is 0 Å². The number of carbonyl (C=O) groups is 1. The van der Waals surface area contributed by atoms with Crippen LogP contribution in [0.25, 0.3) is 0 Å². The van der Waals surface area contributed by atoms with E-state index in [2.05, 4.69) is 10.6 Å². The fourth-order valence-corrected chi connectivity index (χ4v) is 4.47. The zero-order valence-corrected chi connectivity index (χ0v) is 14.0. The van der Waals surface area contributed by atoms with Gasteiger partial charge in [-0.25, -0.2) is 4.79 Å². The van der Waals surface area contributed by atoms with E-state index in [1.165, 1.54) is 4.90 Å². The third-order valence-corrected chi connectivity index (χ3v) is 5.79. The minimum atomic E-state index is -0.721. The highest BCUT2D eigenvalue weighted by Crippen LogP contribution is 2.37. The Morgan fingerprint density at radius 1 is 1.41 bits per heavy atom. The fraction of sp³-hybridized carbons (Fsp3) is 0.562. The molecule has 0 spiro atoms. The standard InChI is InChI=1S/C16H21ClN2O2S/c17-11-3-4-14-12(9-11)13(5-8-22-14)19-15(20)18-10-16(21)6-1-2-7-16/h3-4,9,13,21H,1-2,5-8,10H2,(H2,18,19,20). The first kappa shape index (κ1) is 16.0. The Bertz CT molecular complexity index is 561. The van der Waals surface area contributed by atoms with E-state index in [-0.39, 0.29) is 12.1 Å². The van der Waals surface area contributed by atoms with Crippen molar-refractivity contribution < 1.29 is 9.90 Å². The molecule has 1 aliphatic carbocycles. The molecule has 1 saturated carbocycles. The van der Waals surface area contributed by atoms with Gasteiger partial charge in [0, 0.05) is 22.2 Å². The monoisotopic (exact) mass is 340 g/mol. The molecule has 0 radical (unpaired) electrons. The SMILES string of the molecule is O=C(NCC1(O)CCCC1)NC1CCSc2ccc(Cl)cc21. The molecule has 0 aromatic heterocycles. The summed E-state index contributed by atoms with van der Waals surface area (Å²) in [5, 5.41) is 16.8. The average molecular weight is 341 g/mol. The first-order chi connectivity index (χ1) is 10.6. The number of halogens is 1. The molecule has 1 fully saturated rings. The number of hydrogen-bond donors (Lipinski definition) is 3. The normalized spacial score (nSPS) is 22.9. The average Bonchev–Trinajstić information content (AvgIpc) is 2.93. The second-order valence-corrected chi connectivity index (χ2v) is 7.70. The van der Waals surface area contributed by atoms with Gasteiger partial charge in [0.25, 0.3) is 0 Å². The number of hydrogen-bond acceptors (Lipinski definition) is 3. The molecule has 3 rings (SSSR count). The molecular weight excluding hydrogens is 320 g/mol. The summed E-state index contributed by atoms with van der Waals surface area (Å²) in [5.41, 5.74) is 0.361. The number of fused-ring (bicyclic) bond motifs is 1. The van der Waals surface area contributed by atoms with Crippen LogP contribution in [0.3, 0.4) is 0 Å². The number of rotatable bonds is 3. The predicted octanol–water partition coefficient (Wildman–Crippen LogP) is 3.48. The van der Waals surface area contributed by atoms with Crippen molar-refractivity contribution in [1.82, 2.24) is 10.6 Å². The van der Waals surface area contributed by atoms with Crippen molar-refractivity contribution in [3.05, 3.63) is 28.8 Å². The third-order valence-electron chi connectivity index (χ3n) is 4.43. The Balaban J connectivity index is 1.59. The summed E-state index contributed by atoms with van der Waals surface area (Å²) in [6.07, 6.45) is 4.49. The van der Waals surface area contributed by atoms with Gasteiger partial charge < -0.3 is 15.7 Å². The first-order valence-electron chi connectivity index (χ1n) is 7.75. The molecule has 1 aromatic carbocycles. The van der Waals surface area contributed by atoms with Gasteiger partial charge in [-0.15, -0.1) is 11.8 Å². The van der Waals surface area contributed by atoms with Crippen LogP contribution in [-0.2, 0) is 0 Å². The molecule has 0 saturated heterocycles. The van der Waals surface area contributed by atoms with E-state index in [4.69, 9.17) is 11.6 Å². The number of amides is 2. The van der Waals surface area contributed by atoms with Crippen LogP contribution >= 0.6 is 23.4 Å². The summed E-state index contributed by atoms with van der Waals surface area (Å²) >= 11 is 7.86. The maximum atomic E-state index is 12.1. The van der Waals surface area contributed by atoms with Crippen LogP contribution in [-0.4, -0.2) is 29.0 Å². The van der Waals surface area contributed by atoms with Gasteiger partial charge in [0.1, 0.15) is 0 Å². The fourth-order valence-electron chi connectivity index (χ4n) is 3.18. The van der Waals surface area contributed by atoms with Gasteiger partial charge in [0.05, 0.1) is 11.6 Å². The van der Waals surface area contributed by atoms with Gasteiger partial charge in [-0.2, -0.15) is 0 Å². The van der Waals surface area contributed by atoms with Crippen molar-refractivity contribution in [1.29, 1.82) is 0 Å². The highest BCUT2D eigenvalue weighted by Gasteiger charge is 2.31. The Morgan fingerprint density at radius 3 is 2.95 bits per heavy atom. The Kier molecular flexibility index (Phi) is 4.85. The third kappa shape index (κ3) is 3.70. The quantitative estimate of drug-likeness (QED) is 0.789. The van der Waals surface area contributed by atoms with E-state index < -0.39 is 5.60 Å². The molecule has 120 valence electrons. The maximum Gasteiger partial charge on any atom is 0.315 e. The van der Waals surface area contributed by atoms with E-state index in [1.54, 1.807) is 11.8 Å². The van der Waals surface area contributed by atoms with E-state index in [9.17, 15) is 9.90 Å². The predicted molar refractivity (Wildman–Crippen MR) is 89.5 cm³/mol. The summed E-state index contributed by atoms with van der Waals surface area (Å²) in [6, 6.07) is 5.58. The van der Waals surface area contributed by atoms with Crippen LogP contribution in [0, 0.1) is 0 Å². The smallest absolute Gasteiger partial charge is 0.315 e. The van der Waals surface area contributed by atoms with Crippen molar-refractivity contribution >= 4 is 29.4 Å². The van der Waals surface area contributed by atoms with Crippen molar-refractivity contribution in [3.63, 3.8) is 0 Å². The largest absolute Gasteiger partial charge is 0.388 e. The second kappa shape index (κ2) is 6.69. The molecule has 1 aromatic rings. The topological polar surface area (TPSA) is 61.4 Å². The second-order valence-electron chi connectivity index (χ2n) is 6.13. The summed E-state index contributed by atoms with van der Waals surface area (Å²) in [7, 11) is 0. The highest BCUT2D eigenvalue weighted by atomic mass is 35.5. The van der Waals surface area contributed by atoms with E-state index in [1.807, 2.05) is 18.2 Å². The van der Waals surface area contributed by atoms with Crippen LogP contribution in [0.5, 0.6) is 0 Å². The van der Waals surface area contributed by atoms with Gasteiger partial charge >= 0.3 is 6.03 Å². The van der Waals surface area contributed by atoms with Crippen molar-refractivity contribution in [2.75, 3.05) is 12.3 Å². The summed E-state index contributed by atoms with van der Waals surface area (Å²) < 4.78 is 0. The minimum absolute atomic E-state index is 0.0202. The Labute approximate surface area is 140 Å². The molecule has 1 aliphatic heterocycles. The van der Waals surface area contributed by atoms with Gasteiger partial charge in [0.2, 0.25) is 0 Å². The Hall–Kier alpha value is -0.910. The summed E-state index contributed by atoms with van der Waals surface area (Å²) in [4.78, 5) is 13.3. The number of aliphatic hydroxyl groups is 1. The lowest BCUT2D eigenvalue weighted by Crippen LogP contribution is -2.46. The lowest BCUT2D eigenvalue weighted by molar-refractivity contribution is 0.0500. The highest BCUT2D eigenvalue weighted by molar-refractivity contribution is 7.99. The molecule has 6 heteroatoms. The van der Waals surface area contributed by atoms with Gasteiger partial charge in [-0.05, 0) is 43.0 Å². The van der Waals surface area contributed by atoms with E-state index >= 15 is 0 Å². The van der Waals surface area contributed by atoms with Crippen molar-refractivity contribution in [2.24, 2.45) is 0 Å². The van der Waals surface area contributed by atoms with Crippen LogP contribution in [0.4, 0.5) is 4.79 Å². The zero-order chi connectivity index (χ0) is 15.6. The maximum absolute atomic E-state index is 12.1. The lowest BCUT2D eigenvalue weighted by Gasteiger charge is -2.27. The first-order valence-corrected chi connectivity index (χ1v) is 9.11. The van der Waals surface area contributed by atoms with Crippen LogP contribution in [0.1, 0.15) is 43.7 Å². The number of thioether (sulfide) groups is 1. The molecule has 1 atom stereocenters. The molecule has 22 heavy (non-hydrogen) atoms. The van der Waals surface area contributed by atoms with Gasteiger partial charge in [-0.3, -0.25) is 0 Å². The molecule has 0 bridgehead atoms. The molecule has 1 heterocycles. The zero-order valence-electron chi connectivity index (χ0n) is 12.4. The van der Waals surface area contributed by atoms with Gasteiger partial charge in [-0.1, -0.05) is 24.4 Å². The summed E-state index contributed by atoms with van der Waals surface area (Å²) in [6.45, 7) is 0.322. The number of carbonyl (C=O) groups excluding carboxylic acids is 1. The lowest BCUT2D eigenvalue weighted by atomic mass is 10.0. The Morgan fingerprint density at radius 2 is 2.18 bits per heavy atom. The van der Waals surface area contributed by atoms with Crippen LogP contribution in [0.15, 0.2) is 23.1 Å². The molecule has 4 nitrogen and oxygen atoms in total. The van der Waals surface area contributed by atoms with E-state index in [0.717, 1.165) is 43.4 Å². The van der Waals surface area contributed by atoms with E-state index in [0.29, 0.717) is 11.6 Å². The molecule has 2 aliphatic rings. The molecule has 2 amide bonds. The van der Waals surface area contributed by atoms with Gasteiger partial charge in [0.15, 0.2) is 0 Å². The number of urea groups is 1. The van der Waals surface area contributed by atoms with Crippen LogP contribution in [0.2, 0.25) is 5.02 Å². The summed E-state index contributed by atoms with van der Waals surface area (Å²) in [5.74, 6) is 0.976. The minimum Gasteiger partial charge on any atom is -0.388 e. The molecule has 1 unspecified atom stereocenters.